The normalized spacial score (nSPS) is 18.0. The highest BCUT2D eigenvalue weighted by molar-refractivity contribution is 8.00. The zero-order valence-electron chi connectivity index (χ0n) is 13.9. The fourth-order valence-corrected chi connectivity index (χ4v) is 5.01. The Labute approximate surface area is 150 Å². The van der Waals surface area contributed by atoms with Crippen molar-refractivity contribution < 1.29 is 4.79 Å². The SMILES string of the molecule is C[C@@H](Sc1ncnc2sccc12)C(=O)N(C)C1(C#N)CCCCC1. The summed E-state index contributed by atoms with van der Waals surface area (Å²) in [7, 11) is 1.77. The molecule has 0 bridgehead atoms. The van der Waals surface area contributed by atoms with Crippen LogP contribution in [0.4, 0.5) is 0 Å². The zero-order valence-corrected chi connectivity index (χ0v) is 15.5. The second kappa shape index (κ2) is 7.08. The van der Waals surface area contributed by atoms with Crippen LogP contribution in [0.2, 0.25) is 0 Å². The second-order valence-electron chi connectivity index (χ2n) is 6.18. The van der Waals surface area contributed by atoms with Gasteiger partial charge in [-0.05, 0) is 31.2 Å². The number of nitrogens with zero attached hydrogens (tertiary/aromatic N) is 4. The van der Waals surface area contributed by atoms with Gasteiger partial charge in [0, 0.05) is 12.4 Å². The van der Waals surface area contributed by atoms with E-state index in [-0.39, 0.29) is 11.2 Å². The summed E-state index contributed by atoms with van der Waals surface area (Å²) in [5, 5.41) is 13.2. The molecular weight excluding hydrogens is 340 g/mol. The number of hydrogen-bond donors (Lipinski definition) is 0. The van der Waals surface area contributed by atoms with Gasteiger partial charge in [-0.2, -0.15) is 5.26 Å². The van der Waals surface area contributed by atoms with Crippen LogP contribution in [-0.2, 0) is 4.79 Å². The molecule has 1 aliphatic carbocycles. The monoisotopic (exact) mass is 360 g/mol. The quantitative estimate of drug-likeness (QED) is 0.612. The highest BCUT2D eigenvalue weighted by Crippen LogP contribution is 2.35. The Bertz CT molecular complexity index is 776. The number of carbonyl (C=O) groups is 1. The Kier molecular flexibility index (Phi) is 5.07. The Morgan fingerprint density at radius 1 is 1.42 bits per heavy atom. The third kappa shape index (κ3) is 3.13. The maximum atomic E-state index is 12.9. The number of carbonyl (C=O) groups excluding carboxylic acids is 1. The number of nitriles is 1. The van der Waals surface area contributed by atoms with Crippen LogP contribution in [0.5, 0.6) is 0 Å². The van der Waals surface area contributed by atoms with Crippen molar-refractivity contribution in [1.82, 2.24) is 14.9 Å². The summed E-state index contributed by atoms with van der Waals surface area (Å²) < 4.78 is 0. The average Bonchev–Trinajstić information content (AvgIpc) is 3.10. The molecule has 24 heavy (non-hydrogen) atoms. The van der Waals surface area contributed by atoms with Gasteiger partial charge in [0.05, 0.1) is 11.3 Å². The number of aromatic nitrogens is 2. The van der Waals surface area contributed by atoms with E-state index in [9.17, 15) is 10.1 Å². The Morgan fingerprint density at radius 3 is 2.88 bits per heavy atom. The highest BCUT2D eigenvalue weighted by atomic mass is 32.2. The van der Waals surface area contributed by atoms with Crippen LogP contribution >= 0.6 is 23.1 Å². The van der Waals surface area contributed by atoms with E-state index in [1.807, 2.05) is 18.4 Å². The van der Waals surface area contributed by atoms with Gasteiger partial charge in [0.15, 0.2) is 0 Å². The Hall–Kier alpha value is -1.65. The summed E-state index contributed by atoms with van der Waals surface area (Å²) >= 11 is 3.01. The van der Waals surface area contributed by atoms with E-state index in [1.165, 1.54) is 11.8 Å². The summed E-state index contributed by atoms with van der Waals surface area (Å²) in [5.74, 6) is -0.00885. The fraction of sp³-hybridized carbons (Fsp3) is 0.529. The van der Waals surface area contributed by atoms with Crippen molar-refractivity contribution in [2.24, 2.45) is 0 Å². The third-order valence-corrected chi connectivity index (χ3v) is 6.65. The van der Waals surface area contributed by atoms with Crippen LogP contribution in [0.25, 0.3) is 10.2 Å². The molecule has 5 nitrogen and oxygen atoms in total. The first kappa shape index (κ1) is 17.2. The van der Waals surface area contributed by atoms with Gasteiger partial charge in [0.1, 0.15) is 21.7 Å². The molecule has 0 aromatic carbocycles. The minimum Gasteiger partial charge on any atom is -0.326 e. The largest absolute Gasteiger partial charge is 0.326 e. The van der Waals surface area contributed by atoms with E-state index in [2.05, 4.69) is 16.0 Å². The van der Waals surface area contributed by atoms with E-state index in [4.69, 9.17) is 0 Å². The van der Waals surface area contributed by atoms with E-state index in [0.717, 1.165) is 47.3 Å². The smallest absolute Gasteiger partial charge is 0.236 e. The molecule has 1 saturated carbocycles. The molecule has 2 heterocycles. The van der Waals surface area contributed by atoms with Crippen molar-refractivity contribution in [2.45, 2.75) is 54.8 Å². The van der Waals surface area contributed by atoms with Crippen molar-refractivity contribution in [3.8, 4) is 6.07 Å². The number of hydrogen-bond acceptors (Lipinski definition) is 6. The molecular formula is C17H20N4OS2. The molecule has 0 aliphatic heterocycles. The van der Waals surface area contributed by atoms with Gasteiger partial charge >= 0.3 is 0 Å². The molecule has 1 atom stereocenters. The van der Waals surface area contributed by atoms with Gasteiger partial charge in [-0.25, -0.2) is 9.97 Å². The predicted octanol–water partition coefficient (Wildman–Crippen LogP) is 3.86. The standard InChI is InChI=1S/C17H20N4OS2/c1-12(24-15-13-6-9-23-14(13)19-11-20-15)16(22)21(2)17(10-18)7-4-3-5-8-17/h6,9,11-12H,3-5,7-8H2,1-2H3/t12-/m1/s1. The molecule has 0 N–H and O–H groups in total. The maximum Gasteiger partial charge on any atom is 0.236 e. The van der Waals surface area contributed by atoms with Crippen molar-refractivity contribution in [2.75, 3.05) is 7.05 Å². The lowest BCUT2D eigenvalue weighted by Crippen LogP contribution is -2.52. The molecule has 126 valence electrons. The van der Waals surface area contributed by atoms with Crippen molar-refractivity contribution >= 4 is 39.2 Å². The topological polar surface area (TPSA) is 69.9 Å². The van der Waals surface area contributed by atoms with Crippen LogP contribution in [0.3, 0.4) is 0 Å². The number of thioether (sulfide) groups is 1. The van der Waals surface area contributed by atoms with Gasteiger partial charge in [-0.1, -0.05) is 31.0 Å². The number of amides is 1. The lowest BCUT2D eigenvalue weighted by Gasteiger charge is -2.40. The van der Waals surface area contributed by atoms with E-state index < -0.39 is 5.54 Å². The molecule has 0 radical (unpaired) electrons. The molecule has 0 unspecified atom stereocenters. The first-order valence-corrected chi connectivity index (χ1v) is 9.87. The minimum atomic E-state index is -0.645. The first-order chi connectivity index (χ1) is 11.6. The van der Waals surface area contributed by atoms with E-state index in [0.29, 0.717) is 0 Å². The number of thiophene rings is 1. The van der Waals surface area contributed by atoms with E-state index >= 15 is 0 Å². The van der Waals surface area contributed by atoms with Gasteiger partial charge in [-0.3, -0.25) is 4.79 Å². The molecule has 1 aliphatic rings. The van der Waals surface area contributed by atoms with Gasteiger partial charge in [0.25, 0.3) is 0 Å². The molecule has 2 aromatic rings. The van der Waals surface area contributed by atoms with Gasteiger partial charge in [-0.15, -0.1) is 11.3 Å². The van der Waals surface area contributed by atoms with Crippen molar-refractivity contribution in [3.63, 3.8) is 0 Å². The van der Waals surface area contributed by atoms with Crippen LogP contribution < -0.4 is 0 Å². The fourth-order valence-electron chi connectivity index (χ4n) is 3.22. The molecule has 1 amide bonds. The molecule has 7 heteroatoms. The first-order valence-electron chi connectivity index (χ1n) is 8.11. The molecule has 1 fully saturated rings. The van der Waals surface area contributed by atoms with Crippen LogP contribution in [-0.4, -0.2) is 38.6 Å². The Morgan fingerprint density at radius 2 is 2.17 bits per heavy atom. The van der Waals surface area contributed by atoms with Crippen LogP contribution in [0.15, 0.2) is 22.8 Å². The number of fused-ring (bicyclic) bond motifs is 1. The predicted molar refractivity (Wildman–Crippen MR) is 96.9 cm³/mol. The van der Waals surface area contributed by atoms with Crippen molar-refractivity contribution in [1.29, 1.82) is 5.26 Å². The average molecular weight is 361 g/mol. The third-order valence-electron chi connectivity index (χ3n) is 4.72. The summed E-state index contributed by atoms with van der Waals surface area (Å²) in [6, 6.07) is 4.40. The van der Waals surface area contributed by atoms with Gasteiger partial charge in [0.2, 0.25) is 5.91 Å². The molecule has 2 aromatic heterocycles. The van der Waals surface area contributed by atoms with Crippen LogP contribution in [0.1, 0.15) is 39.0 Å². The van der Waals surface area contributed by atoms with Gasteiger partial charge < -0.3 is 4.90 Å². The van der Waals surface area contributed by atoms with E-state index in [1.54, 1.807) is 29.6 Å². The Balaban J connectivity index is 1.77. The number of rotatable bonds is 4. The minimum absolute atomic E-state index is 0.00885. The lowest BCUT2D eigenvalue weighted by atomic mass is 9.81. The molecule has 0 saturated heterocycles. The maximum absolute atomic E-state index is 12.9. The highest BCUT2D eigenvalue weighted by Gasteiger charge is 2.40. The summed E-state index contributed by atoms with van der Waals surface area (Å²) in [6.45, 7) is 1.89. The summed E-state index contributed by atoms with van der Waals surface area (Å²) in [5.41, 5.74) is -0.645. The summed E-state index contributed by atoms with van der Waals surface area (Å²) in [6.07, 6.45) is 6.24. The van der Waals surface area contributed by atoms with Crippen LogP contribution in [0, 0.1) is 11.3 Å². The lowest BCUT2D eigenvalue weighted by molar-refractivity contribution is -0.133. The zero-order chi connectivity index (χ0) is 17.2. The molecule has 0 spiro atoms. The molecule has 3 rings (SSSR count). The summed E-state index contributed by atoms with van der Waals surface area (Å²) in [4.78, 5) is 24.1. The second-order valence-corrected chi connectivity index (χ2v) is 8.40. The van der Waals surface area contributed by atoms with Crippen molar-refractivity contribution in [3.05, 3.63) is 17.8 Å².